The Labute approximate surface area is 129 Å². The van der Waals surface area contributed by atoms with E-state index in [-0.39, 0.29) is 5.91 Å². The normalized spacial score (nSPS) is 14.3. The van der Waals surface area contributed by atoms with Crippen LogP contribution in [0, 0.1) is 0 Å². The molecule has 1 amide bonds. The summed E-state index contributed by atoms with van der Waals surface area (Å²) in [6.07, 6.45) is 2.34. The molecule has 1 heterocycles. The highest BCUT2D eigenvalue weighted by atomic mass is 16.1. The van der Waals surface area contributed by atoms with Gasteiger partial charge in [-0.15, -0.1) is 5.10 Å². The molecular weight excluding hydrogens is 280 g/mol. The molecule has 0 spiro atoms. The van der Waals surface area contributed by atoms with Gasteiger partial charge < -0.3 is 5.32 Å². The largest absolute Gasteiger partial charge is 0.355 e. The molecule has 1 aromatic heterocycles. The van der Waals surface area contributed by atoms with Crippen molar-refractivity contribution in [2.45, 2.75) is 32.0 Å². The molecule has 1 aliphatic carbocycles. The van der Waals surface area contributed by atoms with Crippen LogP contribution in [0.15, 0.2) is 24.3 Å². The fourth-order valence-electron chi connectivity index (χ4n) is 2.43. The molecule has 0 unspecified atom stereocenters. The molecule has 0 aliphatic heterocycles. The summed E-state index contributed by atoms with van der Waals surface area (Å²) in [7, 11) is 3.67. The number of tetrazole rings is 1. The van der Waals surface area contributed by atoms with Crippen LogP contribution in [0.5, 0.6) is 0 Å². The van der Waals surface area contributed by atoms with E-state index in [1.807, 2.05) is 36.0 Å². The number of carbonyl (C=O) groups is 1. The topological polar surface area (TPSA) is 75.9 Å². The van der Waals surface area contributed by atoms with Crippen LogP contribution in [-0.4, -0.2) is 45.1 Å². The molecule has 1 saturated carbocycles. The second-order valence-corrected chi connectivity index (χ2v) is 5.72. The Kier molecular flexibility index (Phi) is 4.15. The van der Waals surface area contributed by atoms with Crippen molar-refractivity contribution in [1.82, 2.24) is 30.4 Å². The molecule has 0 saturated heterocycles. The number of benzene rings is 1. The zero-order valence-electron chi connectivity index (χ0n) is 12.9. The predicted molar refractivity (Wildman–Crippen MR) is 81.1 cm³/mol. The lowest BCUT2D eigenvalue weighted by atomic mass is 10.1. The van der Waals surface area contributed by atoms with Gasteiger partial charge in [-0.2, -0.15) is 0 Å². The number of carbonyl (C=O) groups excluding carboxylic acids is 1. The highest BCUT2D eigenvalue weighted by Gasteiger charge is 2.27. The SMILES string of the molecule is CNC(=O)c1ccc(CN(C)Cc2nnnn2C2CC2)cc1. The number of nitrogens with one attached hydrogen (secondary N) is 1. The Morgan fingerprint density at radius 1 is 1.32 bits per heavy atom. The summed E-state index contributed by atoms with van der Waals surface area (Å²) in [5.41, 5.74) is 1.83. The molecule has 0 bridgehead atoms. The summed E-state index contributed by atoms with van der Waals surface area (Å²) in [5.74, 6) is 0.843. The molecule has 3 rings (SSSR count). The van der Waals surface area contributed by atoms with Gasteiger partial charge in [0.15, 0.2) is 5.82 Å². The minimum Gasteiger partial charge on any atom is -0.355 e. The number of aromatic nitrogens is 4. The zero-order chi connectivity index (χ0) is 15.5. The maximum Gasteiger partial charge on any atom is 0.251 e. The summed E-state index contributed by atoms with van der Waals surface area (Å²) in [4.78, 5) is 13.7. The van der Waals surface area contributed by atoms with Gasteiger partial charge in [-0.25, -0.2) is 4.68 Å². The molecule has 0 radical (unpaired) electrons. The van der Waals surface area contributed by atoms with E-state index in [4.69, 9.17) is 0 Å². The van der Waals surface area contributed by atoms with Crippen LogP contribution >= 0.6 is 0 Å². The van der Waals surface area contributed by atoms with Gasteiger partial charge in [0.1, 0.15) is 0 Å². The van der Waals surface area contributed by atoms with Crippen molar-refractivity contribution in [2.24, 2.45) is 0 Å². The van der Waals surface area contributed by atoms with E-state index in [1.165, 1.54) is 12.8 Å². The smallest absolute Gasteiger partial charge is 0.251 e. The van der Waals surface area contributed by atoms with Crippen LogP contribution < -0.4 is 5.32 Å². The van der Waals surface area contributed by atoms with Gasteiger partial charge in [-0.1, -0.05) is 12.1 Å². The van der Waals surface area contributed by atoms with E-state index >= 15 is 0 Å². The first-order valence-corrected chi connectivity index (χ1v) is 7.43. The van der Waals surface area contributed by atoms with E-state index in [0.717, 1.165) is 17.9 Å². The number of amides is 1. The van der Waals surface area contributed by atoms with Crippen LogP contribution in [-0.2, 0) is 13.1 Å². The molecule has 7 nitrogen and oxygen atoms in total. The summed E-state index contributed by atoms with van der Waals surface area (Å²) >= 11 is 0. The lowest BCUT2D eigenvalue weighted by Crippen LogP contribution is -2.21. The van der Waals surface area contributed by atoms with Gasteiger partial charge >= 0.3 is 0 Å². The highest BCUT2D eigenvalue weighted by molar-refractivity contribution is 5.93. The average molecular weight is 300 g/mol. The van der Waals surface area contributed by atoms with Gasteiger partial charge in [0, 0.05) is 19.2 Å². The Morgan fingerprint density at radius 2 is 2.05 bits per heavy atom. The standard InChI is InChI=1S/C15H20N6O/c1-16-15(22)12-5-3-11(4-6-12)9-20(2)10-14-17-18-19-21(14)13-7-8-13/h3-6,13H,7-10H2,1-2H3,(H,16,22). The Morgan fingerprint density at radius 3 is 2.68 bits per heavy atom. The number of rotatable bonds is 6. The summed E-state index contributed by atoms with van der Waals surface area (Å²) in [6.45, 7) is 1.49. The minimum absolute atomic E-state index is 0.0662. The minimum atomic E-state index is -0.0662. The van der Waals surface area contributed by atoms with Crippen molar-refractivity contribution in [2.75, 3.05) is 14.1 Å². The maximum absolute atomic E-state index is 11.5. The molecular formula is C15H20N6O. The zero-order valence-corrected chi connectivity index (χ0v) is 12.9. The van der Waals surface area contributed by atoms with Crippen molar-refractivity contribution < 1.29 is 4.79 Å². The first-order chi connectivity index (χ1) is 10.7. The molecule has 116 valence electrons. The molecule has 1 fully saturated rings. The second kappa shape index (κ2) is 6.23. The average Bonchev–Trinajstić information content (AvgIpc) is 3.27. The van der Waals surface area contributed by atoms with Crippen molar-refractivity contribution in [3.05, 3.63) is 41.2 Å². The van der Waals surface area contributed by atoms with Gasteiger partial charge in [0.2, 0.25) is 0 Å². The molecule has 2 aromatic rings. The van der Waals surface area contributed by atoms with Crippen molar-refractivity contribution in [1.29, 1.82) is 0 Å². The quantitative estimate of drug-likeness (QED) is 0.861. The molecule has 22 heavy (non-hydrogen) atoms. The highest BCUT2D eigenvalue weighted by Crippen LogP contribution is 2.34. The van der Waals surface area contributed by atoms with E-state index in [9.17, 15) is 4.79 Å². The predicted octanol–water partition coefficient (Wildman–Crippen LogP) is 1.000. The van der Waals surface area contributed by atoms with Gasteiger partial charge in [0.25, 0.3) is 5.91 Å². The summed E-state index contributed by atoms with van der Waals surface area (Å²) in [6, 6.07) is 8.13. The summed E-state index contributed by atoms with van der Waals surface area (Å²) in [5, 5.41) is 14.6. The lowest BCUT2D eigenvalue weighted by molar-refractivity contribution is 0.0963. The lowest BCUT2D eigenvalue weighted by Gasteiger charge is -2.16. The van der Waals surface area contributed by atoms with Crippen molar-refractivity contribution >= 4 is 5.91 Å². The second-order valence-electron chi connectivity index (χ2n) is 5.72. The van der Waals surface area contributed by atoms with Crippen LogP contribution in [0.1, 0.15) is 40.6 Å². The third-order valence-electron chi connectivity index (χ3n) is 3.76. The Hall–Kier alpha value is -2.28. The van der Waals surface area contributed by atoms with Gasteiger partial charge in [0.05, 0.1) is 12.6 Å². The molecule has 1 aromatic carbocycles. The molecule has 1 aliphatic rings. The maximum atomic E-state index is 11.5. The third kappa shape index (κ3) is 3.30. The van der Waals surface area contributed by atoms with Crippen LogP contribution in [0.25, 0.3) is 0 Å². The molecule has 7 heteroatoms. The van der Waals surface area contributed by atoms with Crippen molar-refractivity contribution in [3.8, 4) is 0 Å². The molecule has 0 atom stereocenters. The third-order valence-corrected chi connectivity index (χ3v) is 3.76. The first kappa shape index (κ1) is 14.6. The van der Waals surface area contributed by atoms with E-state index in [2.05, 4.69) is 25.7 Å². The van der Waals surface area contributed by atoms with Crippen LogP contribution in [0.3, 0.4) is 0 Å². The van der Waals surface area contributed by atoms with Gasteiger partial charge in [-0.05, 0) is 48.0 Å². The van der Waals surface area contributed by atoms with Gasteiger partial charge in [-0.3, -0.25) is 9.69 Å². The fourth-order valence-corrected chi connectivity index (χ4v) is 2.43. The summed E-state index contributed by atoms with van der Waals surface area (Å²) < 4.78 is 1.94. The Balaban J connectivity index is 1.60. The first-order valence-electron chi connectivity index (χ1n) is 7.43. The van der Waals surface area contributed by atoms with E-state index in [0.29, 0.717) is 18.2 Å². The Bertz CT molecular complexity index is 646. The monoisotopic (exact) mass is 300 g/mol. The number of hydrogen-bond donors (Lipinski definition) is 1. The number of nitrogens with zero attached hydrogens (tertiary/aromatic N) is 5. The fraction of sp³-hybridized carbons (Fsp3) is 0.467. The van der Waals surface area contributed by atoms with E-state index < -0.39 is 0 Å². The van der Waals surface area contributed by atoms with Crippen molar-refractivity contribution in [3.63, 3.8) is 0 Å². The molecule has 1 N–H and O–H groups in total. The number of hydrogen-bond acceptors (Lipinski definition) is 5. The van der Waals surface area contributed by atoms with Crippen LogP contribution in [0.4, 0.5) is 0 Å². The van der Waals surface area contributed by atoms with E-state index in [1.54, 1.807) is 7.05 Å². The van der Waals surface area contributed by atoms with Crippen LogP contribution in [0.2, 0.25) is 0 Å².